The Labute approximate surface area is 109 Å². The number of rotatable bonds is 8. The predicted molar refractivity (Wildman–Crippen MR) is 69.4 cm³/mol. The van der Waals surface area contributed by atoms with Crippen molar-refractivity contribution in [3.8, 4) is 0 Å². The van der Waals surface area contributed by atoms with E-state index in [1.165, 1.54) is 0 Å². The van der Waals surface area contributed by atoms with Gasteiger partial charge in [0, 0.05) is 12.3 Å². The van der Waals surface area contributed by atoms with Crippen molar-refractivity contribution < 1.29 is 19.8 Å². The topological polar surface area (TPSA) is 165 Å². The predicted octanol–water partition coefficient (Wildman–Crippen LogP) is -1.36. The van der Waals surface area contributed by atoms with Crippen LogP contribution in [0.2, 0.25) is 0 Å². The molecule has 8 nitrogen and oxygen atoms in total. The van der Waals surface area contributed by atoms with Gasteiger partial charge < -0.3 is 27.4 Å². The number of nitrogens with two attached hydrogens (primary N) is 3. The molecule has 9 heteroatoms. The quantitative estimate of drug-likeness (QED) is 0.206. The lowest BCUT2D eigenvalue weighted by Gasteiger charge is -2.06. The Balaban J connectivity index is 3.78. The summed E-state index contributed by atoms with van der Waals surface area (Å²) in [6.45, 7) is 0.349. The molecule has 0 saturated carbocycles. The van der Waals surface area contributed by atoms with Crippen LogP contribution in [0.15, 0.2) is 4.99 Å². The molecule has 0 spiro atoms. The Hall–Kier alpha value is -1.32. The molecular formula is C9H18N4O4S. The van der Waals surface area contributed by atoms with Crippen LogP contribution in [0, 0.1) is 0 Å². The van der Waals surface area contributed by atoms with Crippen molar-refractivity contribution in [2.24, 2.45) is 22.2 Å². The van der Waals surface area contributed by atoms with Crippen molar-refractivity contribution in [3.63, 3.8) is 0 Å². The normalized spacial score (nSPS) is 15.1. The lowest BCUT2D eigenvalue weighted by Crippen LogP contribution is -2.33. The molecular weight excluding hydrogens is 260 g/mol. The molecule has 0 amide bonds. The van der Waals surface area contributed by atoms with E-state index in [0.29, 0.717) is 19.4 Å². The Morgan fingerprint density at radius 2 is 1.72 bits per heavy atom. The van der Waals surface area contributed by atoms with E-state index in [0.717, 1.165) is 11.8 Å². The molecule has 0 rings (SSSR count). The molecule has 0 bridgehead atoms. The number of hydrogen-bond acceptors (Lipinski definition) is 6. The maximum absolute atomic E-state index is 10.4. The van der Waals surface area contributed by atoms with Crippen molar-refractivity contribution in [2.75, 3.05) is 12.3 Å². The maximum Gasteiger partial charge on any atom is 0.321 e. The number of aliphatic imine (C=N–C) groups is 1. The van der Waals surface area contributed by atoms with Gasteiger partial charge in [0.1, 0.15) is 12.1 Å². The number of thioether (sulfide) groups is 1. The first-order valence-electron chi connectivity index (χ1n) is 5.24. The molecule has 0 fully saturated rings. The Morgan fingerprint density at radius 3 is 2.22 bits per heavy atom. The van der Waals surface area contributed by atoms with Gasteiger partial charge in [0.15, 0.2) is 5.17 Å². The maximum atomic E-state index is 10.4. The molecule has 0 aliphatic rings. The third-order valence-corrected chi connectivity index (χ3v) is 2.94. The fourth-order valence-electron chi connectivity index (χ4n) is 0.916. The zero-order valence-corrected chi connectivity index (χ0v) is 10.6. The van der Waals surface area contributed by atoms with E-state index in [-0.39, 0.29) is 10.9 Å². The van der Waals surface area contributed by atoms with Crippen LogP contribution in [-0.2, 0) is 9.59 Å². The molecule has 0 aliphatic carbocycles. The van der Waals surface area contributed by atoms with Gasteiger partial charge in [-0.25, -0.2) is 0 Å². The van der Waals surface area contributed by atoms with Gasteiger partial charge in [0.2, 0.25) is 0 Å². The molecule has 0 heterocycles. The number of carboxylic acid groups (broad SMARTS) is 2. The third kappa shape index (κ3) is 7.87. The van der Waals surface area contributed by atoms with Gasteiger partial charge in [-0.2, -0.15) is 0 Å². The fourth-order valence-corrected chi connectivity index (χ4v) is 1.59. The number of carbonyl (C=O) groups is 2. The van der Waals surface area contributed by atoms with E-state index in [2.05, 4.69) is 4.99 Å². The van der Waals surface area contributed by atoms with Crippen molar-refractivity contribution in [1.82, 2.24) is 0 Å². The van der Waals surface area contributed by atoms with E-state index in [1.807, 2.05) is 0 Å². The first kappa shape index (κ1) is 16.7. The Kier molecular flexibility index (Phi) is 8.08. The summed E-state index contributed by atoms with van der Waals surface area (Å²) >= 11 is 1.05. The summed E-state index contributed by atoms with van der Waals surface area (Å²) in [4.78, 5) is 24.8. The van der Waals surface area contributed by atoms with Crippen LogP contribution in [-0.4, -0.2) is 51.7 Å². The lowest BCUT2D eigenvalue weighted by atomic mass is 10.2. The number of amidine groups is 1. The molecule has 0 aromatic heterocycles. The molecule has 0 aromatic rings. The van der Waals surface area contributed by atoms with Crippen molar-refractivity contribution in [2.45, 2.75) is 24.9 Å². The summed E-state index contributed by atoms with van der Waals surface area (Å²) < 4.78 is 0. The van der Waals surface area contributed by atoms with Gasteiger partial charge >= 0.3 is 11.9 Å². The average molecular weight is 278 g/mol. The monoisotopic (exact) mass is 278 g/mol. The van der Waals surface area contributed by atoms with Crippen LogP contribution in [0.25, 0.3) is 0 Å². The van der Waals surface area contributed by atoms with Crippen LogP contribution < -0.4 is 17.2 Å². The van der Waals surface area contributed by atoms with E-state index >= 15 is 0 Å². The highest BCUT2D eigenvalue weighted by molar-refractivity contribution is 8.13. The van der Waals surface area contributed by atoms with Crippen molar-refractivity contribution >= 4 is 28.9 Å². The van der Waals surface area contributed by atoms with Crippen LogP contribution in [0.3, 0.4) is 0 Å². The summed E-state index contributed by atoms with van der Waals surface area (Å²) in [6.07, 6.45) is 0.811. The molecule has 8 N–H and O–H groups in total. The number of aliphatic carboxylic acids is 2. The average Bonchev–Trinajstić information content (AvgIpc) is 2.30. The standard InChI is InChI=1S/C9H18N4O4S/c10-5(7(14)15)2-1-3-13-9(12)18-4-6(11)8(16)17/h5-6H,1-4,10-11H2,(H2,12,13)(H,14,15)(H,16,17)/t5-,6-/m0/s1. The molecule has 2 atom stereocenters. The summed E-state index contributed by atoms with van der Waals surface area (Å²) in [5.41, 5.74) is 16.1. The number of nitrogens with zero attached hydrogens (tertiary/aromatic N) is 1. The van der Waals surface area contributed by atoms with Gasteiger partial charge in [0.25, 0.3) is 0 Å². The van der Waals surface area contributed by atoms with Gasteiger partial charge in [0.05, 0.1) is 0 Å². The van der Waals surface area contributed by atoms with Gasteiger partial charge in [-0.3, -0.25) is 14.6 Å². The molecule has 0 radical (unpaired) electrons. The molecule has 0 saturated heterocycles. The first-order valence-corrected chi connectivity index (χ1v) is 6.22. The third-order valence-electron chi connectivity index (χ3n) is 1.99. The zero-order valence-electron chi connectivity index (χ0n) is 9.78. The van der Waals surface area contributed by atoms with Gasteiger partial charge in [-0.1, -0.05) is 11.8 Å². The lowest BCUT2D eigenvalue weighted by molar-refractivity contribution is -0.139. The molecule has 0 aliphatic heterocycles. The minimum atomic E-state index is -1.09. The Bertz CT molecular complexity index is 324. The molecule has 0 aromatic carbocycles. The highest BCUT2D eigenvalue weighted by atomic mass is 32.2. The number of carboxylic acids is 2. The zero-order chi connectivity index (χ0) is 14.1. The van der Waals surface area contributed by atoms with E-state index in [4.69, 9.17) is 27.4 Å². The molecule has 104 valence electrons. The summed E-state index contributed by atoms with van der Waals surface area (Å²) in [7, 11) is 0. The fraction of sp³-hybridized carbons (Fsp3) is 0.667. The van der Waals surface area contributed by atoms with Crippen LogP contribution in [0.4, 0.5) is 0 Å². The second-order valence-electron chi connectivity index (χ2n) is 3.56. The van der Waals surface area contributed by atoms with E-state index < -0.39 is 24.0 Å². The van der Waals surface area contributed by atoms with Crippen LogP contribution in [0.5, 0.6) is 0 Å². The van der Waals surface area contributed by atoms with E-state index in [1.54, 1.807) is 0 Å². The smallest absolute Gasteiger partial charge is 0.321 e. The summed E-state index contributed by atoms with van der Waals surface area (Å²) in [6, 6.07) is -1.88. The Morgan fingerprint density at radius 1 is 1.17 bits per heavy atom. The van der Waals surface area contributed by atoms with Crippen molar-refractivity contribution in [3.05, 3.63) is 0 Å². The number of hydrogen-bond donors (Lipinski definition) is 5. The van der Waals surface area contributed by atoms with Crippen LogP contribution >= 0.6 is 11.8 Å². The van der Waals surface area contributed by atoms with Gasteiger partial charge in [-0.15, -0.1) is 0 Å². The largest absolute Gasteiger partial charge is 0.480 e. The second kappa shape index (κ2) is 8.72. The van der Waals surface area contributed by atoms with Crippen LogP contribution in [0.1, 0.15) is 12.8 Å². The van der Waals surface area contributed by atoms with Crippen molar-refractivity contribution in [1.29, 1.82) is 0 Å². The summed E-state index contributed by atoms with van der Waals surface area (Å²) in [5, 5.41) is 17.3. The molecule has 0 unspecified atom stereocenters. The first-order chi connectivity index (χ1) is 8.34. The highest BCUT2D eigenvalue weighted by Gasteiger charge is 2.12. The summed E-state index contributed by atoms with van der Waals surface area (Å²) in [5.74, 6) is -2.00. The SMILES string of the molecule is NC(=NCCC[C@H](N)C(=O)O)SC[C@H](N)C(=O)O. The second-order valence-corrected chi connectivity index (χ2v) is 4.60. The minimum absolute atomic E-state index is 0.138. The van der Waals surface area contributed by atoms with Gasteiger partial charge in [-0.05, 0) is 12.8 Å². The minimum Gasteiger partial charge on any atom is -0.480 e. The van der Waals surface area contributed by atoms with E-state index in [9.17, 15) is 9.59 Å². The molecule has 18 heavy (non-hydrogen) atoms. The highest BCUT2D eigenvalue weighted by Crippen LogP contribution is 2.03.